The molecule has 0 nitrogen and oxygen atoms in total. The van der Waals surface area contributed by atoms with Gasteiger partial charge in [-0.05, 0) is 11.0 Å². The smallest absolute Gasteiger partial charge is 0.343 e. The fraction of sp³-hybridized carbons (Fsp3) is 0.900. The van der Waals surface area contributed by atoms with Crippen LogP contribution in [0.15, 0.2) is 0 Å². The largest absolute Gasteiger partial charge is 3.00 e. The number of hydrogen-bond acceptors (Lipinski definition) is 0. The summed E-state index contributed by atoms with van der Waals surface area (Å²) in [4.78, 5) is 0. The van der Waals surface area contributed by atoms with Gasteiger partial charge >= 0.3 is 17.4 Å². The molecule has 32 heavy (non-hydrogen) atoms. The Kier molecular flexibility index (Phi) is 65.7. The molecule has 0 saturated heterocycles. The van der Waals surface area contributed by atoms with Crippen LogP contribution < -0.4 is 0 Å². The summed E-state index contributed by atoms with van der Waals surface area (Å²) in [6.45, 7) is 18.2. The Labute approximate surface area is 223 Å². The van der Waals surface area contributed by atoms with E-state index in [-0.39, 0.29) is 28.3 Å². The van der Waals surface area contributed by atoms with Crippen molar-refractivity contribution in [3.05, 3.63) is 20.8 Å². The molecular formula is C30H66CrSi. The topological polar surface area (TPSA) is 0 Å². The van der Waals surface area contributed by atoms with Crippen molar-refractivity contribution in [2.45, 2.75) is 175 Å². The third-order valence-corrected chi connectivity index (χ3v) is 5.56. The van der Waals surface area contributed by atoms with E-state index in [1.54, 1.807) is 0 Å². The van der Waals surface area contributed by atoms with Crippen molar-refractivity contribution >= 4 is 11.0 Å². The van der Waals surface area contributed by atoms with Crippen molar-refractivity contribution in [2.75, 3.05) is 0 Å². The molecule has 0 bridgehead atoms. The first kappa shape index (κ1) is 42.9. The van der Waals surface area contributed by atoms with Crippen molar-refractivity contribution in [1.82, 2.24) is 0 Å². The van der Waals surface area contributed by atoms with Crippen LogP contribution in [0.4, 0.5) is 0 Å². The Bertz CT molecular complexity index is 171. The van der Waals surface area contributed by atoms with E-state index >= 15 is 0 Å². The maximum atomic E-state index is 3.82. The van der Waals surface area contributed by atoms with Gasteiger partial charge in [0, 0.05) is 0 Å². The molecule has 0 aliphatic rings. The molecule has 2 heteroatoms. The summed E-state index contributed by atoms with van der Waals surface area (Å²) in [5.41, 5.74) is 0. The molecule has 2 radical (unpaired) electrons. The van der Waals surface area contributed by atoms with Crippen LogP contribution >= 0.6 is 0 Å². The molecule has 0 rings (SSSR count). The predicted molar refractivity (Wildman–Crippen MR) is 154 cm³/mol. The third kappa shape index (κ3) is 57.5. The predicted octanol–water partition coefficient (Wildman–Crippen LogP) is 10.7. The van der Waals surface area contributed by atoms with Gasteiger partial charge in [0.1, 0.15) is 0 Å². The molecule has 0 aromatic heterocycles. The summed E-state index contributed by atoms with van der Waals surface area (Å²) in [5, 5.41) is 0. The summed E-state index contributed by atoms with van der Waals surface area (Å²) in [7, 11) is 0. The van der Waals surface area contributed by atoms with Crippen molar-refractivity contribution in [2.24, 2.45) is 0 Å². The zero-order valence-electron chi connectivity index (χ0n) is 23.5. The van der Waals surface area contributed by atoms with E-state index in [1.165, 1.54) is 135 Å². The summed E-state index contributed by atoms with van der Waals surface area (Å²) in [5.74, 6) is 0. The van der Waals surface area contributed by atoms with Gasteiger partial charge in [-0.2, -0.15) is 19.3 Å². The average Bonchev–Trinajstić information content (AvgIpc) is 2.77. The Morgan fingerprint density at radius 1 is 0.312 bits per heavy atom. The second kappa shape index (κ2) is 49.0. The van der Waals surface area contributed by atoms with Gasteiger partial charge in [0.15, 0.2) is 0 Å². The van der Waals surface area contributed by atoms with E-state index in [0.29, 0.717) is 0 Å². The fourth-order valence-corrected chi connectivity index (χ4v) is 3.40. The first-order chi connectivity index (χ1) is 14.7. The molecule has 0 aliphatic carbocycles. The summed E-state index contributed by atoms with van der Waals surface area (Å²) < 4.78 is 0. The van der Waals surface area contributed by atoms with Gasteiger partial charge in [0.2, 0.25) is 0 Å². The molecule has 0 unspecified atom stereocenters. The van der Waals surface area contributed by atoms with E-state index in [1.807, 2.05) is 0 Å². The first-order valence-electron chi connectivity index (χ1n) is 14.1. The molecule has 0 atom stereocenters. The minimum Gasteiger partial charge on any atom is -0.343 e. The maximum absolute atomic E-state index is 3.82. The van der Waals surface area contributed by atoms with Gasteiger partial charge in [-0.1, -0.05) is 156 Å². The van der Waals surface area contributed by atoms with Gasteiger partial charge in [0.05, 0.1) is 0 Å². The van der Waals surface area contributed by atoms with E-state index in [2.05, 4.69) is 41.5 Å². The van der Waals surface area contributed by atoms with Crippen molar-refractivity contribution in [3.63, 3.8) is 0 Å². The second-order valence-corrected chi connectivity index (χ2v) is 8.92. The van der Waals surface area contributed by atoms with Gasteiger partial charge < -0.3 is 20.8 Å². The molecule has 0 heterocycles. The number of rotatable bonds is 21. The van der Waals surface area contributed by atoms with Crippen LogP contribution in [0.1, 0.15) is 175 Å². The maximum Gasteiger partial charge on any atom is 3.00 e. The van der Waals surface area contributed by atoms with Crippen LogP contribution in [0, 0.1) is 20.8 Å². The molecular weight excluding hydrogens is 440 g/mol. The van der Waals surface area contributed by atoms with Crippen molar-refractivity contribution in [1.29, 1.82) is 0 Å². The Morgan fingerprint density at radius 3 is 0.625 bits per heavy atom. The SMILES string of the molecule is [CH2-]CCCCCCCCC.[CH2-]CCCCCCCCC.[CH2-]CCCCCCCCC.[Cr+3].[SiH3]. The summed E-state index contributed by atoms with van der Waals surface area (Å²) in [6, 6.07) is 0. The Morgan fingerprint density at radius 2 is 0.469 bits per heavy atom. The van der Waals surface area contributed by atoms with Crippen LogP contribution in [0.25, 0.3) is 0 Å². The minimum absolute atomic E-state index is 0. The normalized spacial score (nSPS) is 9.56. The molecule has 0 aromatic carbocycles. The minimum atomic E-state index is 0. The zero-order valence-corrected chi connectivity index (χ0v) is 26.8. The van der Waals surface area contributed by atoms with E-state index < -0.39 is 0 Å². The summed E-state index contributed by atoms with van der Waals surface area (Å²) >= 11 is 0. The Balaban J connectivity index is -0.000000110. The van der Waals surface area contributed by atoms with Gasteiger partial charge in [-0.25, -0.2) is 0 Å². The summed E-state index contributed by atoms with van der Waals surface area (Å²) in [6.07, 6.45) is 32.8. The first-order valence-corrected chi connectivity index (χ1v) is 14.1. The van der Waals surface area contributed by atoms with Crippen LogP contribution in [-0.4, -0.2) is 11.0 Å². The van der Waals surface area contributed by atoms with Crippen LogP contribution in [0.2, 0.25) is 0 Å². The second-order valence-electron chi connectivity index (χ2n) is 8.92. The average molecular weight is 507 g/mol. The molecule has 0 N–H and O–H groups in total. The molecule has 0 aliphatic heterocycles. The monoisotopic (exact) mass is 506 g/mol. The molecule has 0 fully saturated rings. The van der Waals surface area contributed by atoms with Gasteiger partial charge in [0.25, 0.3) is 0 Å². The fourth-order valence-electron chi connectivity index (χ4n) is 3.40. The zero-order chi connectivity index (χ0) is 23.0. The molecule has 0 spiro atoms. The van der Waals surface area contributed by atoms with Gasteiger partial charge in [-0.3, -0.25) is 0 Å². The molecule has 0 amide bonds. The van der Waals surface area contributed by atoms with Crippen molar-refractivity contribution < 1.29 is 17.4 Å². The van der Waals surface area contributed by atoms with Crippen molar-refractivity contribution in [3.8, 4) is 0 Å². The van der Waals surface area contributed by atoms with E-state index in [4.69, 9.17) is 0 Å². The molecule has 0 aromatic rings. The van der Waals surface area contributed by atoms with Crippen LogP contribution in [-0.2, 0) is 17.4 Å². The third-order valence-electron chi connectivity index (χ3n) is 5.56. The van der Waals surface area contributed by atoms with Crippen LogP contribution in [0.3, 0.4) is 0 Å². The number of unbranched alkanes of at least 4 members (excludes halogenated alkanes) is 21. The quantitative estimate of drug-likeness (QED) is 0.0824. The molecule has 196 valence electrons. The number of hydrogen-bond donors (Lipinski definition) is 0. The standard InChI is InChI=1S/3C10H21.Cr.H3Si/c3*1-3-5-7-9-10-8-6-4-2;;/h3*1,3-10H2,2H3;;1H3/q3*-1;+3;. The van der Waals surface area contributed by atoms with Gasteiger partial charge in [-0.15, -0.1) is 0 Å². The van der Waals surface area contributed by atoms with Crippen LogP contribution in [0.5, 0.6) is 0 Å². The van der Waals surface area contributed by atoms with E-state index in [9.17, 15) is 0 Å². The Hall–Kier alpha value is 0.749. The molecule has 0 saturated carbocycles. The van der Waals surface area contributed by atoms with E-state index in [0.717, 1.165) is 19.3 Å².